The minimum Gasteiger partial charge on any atom is -0.508 e. The van der Waals surface area contributed by atoms with Gasteiger partial charge in [-0.2, -0.15) is 0 Å². The summed E-state index contributed by atoms with van der Waals surface area (Å²) in [6.07, 6.45) is 0.905. The Morgan fingerprint density at radius 3 is 2.88 bits per heavy atom. The van der Waals surface area contributed by atoms with E-state index < -0.39 is 0 Å². The van der Waals surface area contributed by atoms with Crippen LogP contribution in [-0.4, -0.2) is 47.2 Å². The predicted molar refractivity (Wildman–Crippen MR) is 63.1 cm³/mol. The number of benzene rings is 1. The Kier molecular flexibility index (Phi) is 3.19. The normalized spacial score (nSPS) is 20.4. The Morgan fingerprint density at radius 2 is 2.24 bits per heavy atom. The van der Waals surface area contributed by atoms with E-state index in [1.54, 1.807) is 0 Å². The van der Waals surface area contributed by atoms with Crippen LogP contribution in [0.2, 0.25) is 0 Å². The molecule has 1 heterocycles. The number of likely N-dealkylation sites (N-methyl/N-ethyl adjacent to an activating group) is 1. The monoisotopic (exact) mass is 236 g/mol. The number of nitrogens with zero attached hydrogens (tertiary/aromatic N) is 1. The molecule has 1 aromatic rings. The lowest BCUT2D eigenvalue weighted by Gasteiger charge is -2.13. The number of rotatable bonds is 2. The topological polar surface area (TPSA) is 72.8 Å². The Bertz CT molecular complexity index is 434. The number of phenolic OH excluding ortho intramolecular Hbond substituents is 2. The van der Waals surface area contributed by atoms with Gasteiger partial charge in [-0.25, -0.2) is 0 Å². The number of carbonyl (C=O) groups excluding carboxylic acids is 1. The second-order valence-electron chi connectivity index (χ2n) is 4.42. The summed E-state index contributed by atoms with van der Waals surface area (Å²) in [6, 6.07) is 4.03. The molecule has 0 saturated carbocycles. The lowest BCUT2D eigenvalue weighted by Crippen LogP contribution is -2.36. The van der Waals surface area contributed by atoms with Crippen LogP contribution in [0.4, 0.5) is 0 Å². The Balaban J connectivity index is 2.06. The smallest absolute Gasteiger partial charge is 0.255 e. The third-order valence-electron chi connectivity index (χ3n) is 2.95. The fourth-order valence-corrected chi connectivity index (χ4v) is 2.02. The number of amides is 1. The lowest BCUT2D eigenvalue weighted by molar-refractivity contribution is 0.0935. The molecule has 1 aromatic carbocycles. The van der Waals surface area contributed by atoms with Gasteiger partial charge in [0.2, 0.25) is 0 Å². The number of likely N-dealkylation sites (tertiary alicyclic amines) is 1. The number of phenols is 2. The van der Waals surface area contributed by atoms with Gasteiger partial charge in [0.25, 0.3) is 5.91 Å². The van der Waals surface area contributed by atoms with Crippen LogP contribution in [0.1, 0.15) is 16.8 Å². The fraction of sp³-hybridized carbons (Fsp3) is 0.417. The number of hydrogen-bond acceptors (Lipinski definition) is 4. The van der Waals surface area contributed by atoms with Crippen molar-refractivity contribution in [3.8, 4) is 11.5 Å². The van der Waals surface area contributed by atoms with E-state index in [0.29, 0.717) is 0 Å². The zero-order valence-electron chi connectivity index (χ0n) is 9.68. The van der Waals surface area contributed by atoms with Crippen molar-refractivity contribution in [3.05, 3.63) is 23.8 Å². The molecule has 1 aliphatic heterocycles. The van der Waals surface area contributed by atoms with Gasteiger partial charge in [0.15, 0.2) is 0 Å². The predicted octanol–water partition coefficient (Wildman–Crippen LogP) is 0.532. The first-order valence-electron chi connectivity index (χ1n) is 5.57. The number of hydrogen-bond donors (Lipinski definition) is 3. The van der Waals surface area contributed by atoms with E-state index in [9.17, 15) is 15.0 Å². The molecule has 1 aliphatic rings. The molecule has 1 unspecified atom stereocenters. The first-order chi connectivity index (χ1) is 8.06. The van der Waals surface area contributed by atoms with Gasteiger partial charge in [-0.3, -0.25) is 4.79 Å². The lowest BCUT2D eigenvalue weighted by atomic mass is 10.1. The summed E-state index contributed by atoms with van der Waals surface area (Å²) in [5, 5.41) is 21.7. The number of nitrogens with one attached hydrogen (secondary N) is 1. The van der Waals surface area contributed by atoms with Crippen molar-refractivity contribution < 1.29 is 15.0 Å². The molecular weight excluding hydrogens is 220 g/mol. The molecule has 0 aromatic heterocycles. The Morgan fingerprint density at radius 1 is 1.47 bits per heavy atom. The Hall–Kier alpha value is -1.75. The molecule has 0 radical (unpaired) electrons. The summed E-state index contributed by atoms with van der Waals surface area (Å²) >= 11 is 0. The van der Waals surface area contributed by atoms with Crippen LogP contribution in [0, 0.1) is 0 Å². The molecule has 92 valence electrons. The second-order valence-corrected chi connectivity index (χ2v) is 4.42. The first kappa shape index (κ1) is 11.7. The van der Waals surface area contributed by atoms with Crippen LogP contribution in [0.15, 0.2) is 18.2 Å². The summed E-state index contributed by atoms with van der Waals surface area (Å²) < 4.78 is 0. The Labute approximate surface area is 99.7 Å². The van der Waals surface area contributed by atoms with Crippen LogP contribution < -0.4 is 5.32 Å². The van der Waals surface area contributed by atoms with Crippen molar-refractivity contribution in [2.24, 2.45) is 0 Å². The number of carbonyl (C=O) groups is 1. The molecular formula is C12H16N2O3. The number of aromatic hydroxyl groups is 2. The van der Waals surface area contributed by atoms with Crippen molar-refractivity contribution in [1.82, 2.24) is 10.2 Å². The first-order valence-corrected chi connectivity index (χ1v) is 5.57. The molecule has 17 heavy (non-hydrogen) atoms. The van der Waals surface area contributed by atoms with E-state index in [1.165, 1.54) is 18.2 Å². The van der Waals surface area contributed by atoms with Gasteiger partial charge < -0.3 is 20.4 Å². The summed E-state index contributed by atoms with van der Waals surface area (Å²) in [5.41, 5.74) is 0.111. The molecule has 1 fully saturated rings. The molecule has 0 aliphatic carbocycles. The van der Waals surface area contributed by atoms with Crippen LogP contribution >= 0.6 is 0 Å². The highest BCUT2D eigenvalue weighted by Gasteiger charge is 2.22. The molecule has 2 rings (SSSR count). The highest BCUT2D eigenvalue weighted by molar-refractivity contribution is 5.97. The highest BCUT2D eigenvalue weighted by atomic mass is 16.3. The minimum absolute atomic E-state index is 0.0310. The van der Waals surface area contributed by atoms with E-state index in [1.807, 2.05) is 7.05 Å². The maximum Gasteiger partial charge on any atom is 0.255 e. The van der Waals surface area contributed by atoms with Crippen molar-refractivity contribution in [1.29, 1.82) is 0 Å². The third-order valence-corrected chi connectivity index (χ3v) is 2.95. The largest absolute Gasteiger partial charge is 0.508 e. The third kappa shape index (κ3) is 2.68. The zero-order chi connectivity index (χ0) is 12.4. The van der Waals surface area contributed by atoms with Gasteiger partial charge in [0, 0.05) is 12.6 Å². The van der Waals surface area contributed by atoms with Gasteiger partial charge in [-0.1, -0.05) is 0 Å². The van der Waals surface area contributed by atoms with Gasteiger partial charge in [-0.05, 0) is 38.2 Å². The van der Waals surface area contributed by atoms with E-state index >= 15 is 0 Å². The molecule has 3 N–H and O–H groups in total. The average molecular weight is 236 g/mol. The van der Waals surface area contributed by atoms with Gasteiger partial charge >= 0.3 is 0 Å². The molecule has 1 atom stereocenters. The van der Waals surface area contributed by atoms with Crippen LogP contribution in [0.25, 0.3) is 0 Å². The van der Waals surface area contributed by atoms with Crippen molar-refractivity contribution in [2.75, 3.05) is 20.1 Å². The molecule has 1 amide bonds. The molecule has 0 spiro atoms. The molecule has 1 saturated heterocycles. The molecule has 5 nitrogen and oxygen atoms in total. The standard InChI is InChI=1S/C12H16N2O3/c1-14-5-4-8(7-14)13-12(17)10-6-9(15)2-3-11(10)16/h2-3,6,8,15-16H,4-5,7H2,1H3,(H,13,17). The van der Waals surface area contributed by atoms with Crippen molar-refractivity contribution >= 4 is 5.91 Å². The average Bonchev–Trinajstić information content (AvgIpc) is 2.67. The van der Waals surface area contributed by atoms with Crippen molar-refractivity contribution in [3.63, 3.8) is 0 Å². The molecule has 0 bridgehead atoms. The summed E-state index contributed by atoms with van der Waals surface area (Å²) in [5.74, 6) is -0.498. The van der Waals surface area contributed by atoms with E-state index in [4.69, 9.17) is 0 Å². The van der Waals surface area contributed by atoms with Crippen LogP contribution in [0.3, 0.4) is 0 Å². The zero-order valence-corrected chi connectivity index (χ0v) is 9.68. The quantitative estimate of drug-likeness (QED) is 0.655. The summed E-state index contributed by atoms with van der Waals surface area (Å²) in [6.45, 7) is 1.77. The van der Waals surface area contributed by atoms with Gasteiger partial charge in [-0.15, -0.1) is 0 Å². The minimum atomic E-state index is -0.348. The SMILES string of the molecule is CN1CCC(NC(=O)c2cc(O)ccc2O)C1. The maximum atomic E-state index is 11.9. The van der Waals surface area contributed by atoms with E-state index in [0.717, 1.165) is 19.5 Å². The fourth-order valence-electron chi connectivity index (χ4n) is 2.02. The van der Waals surface area contributed by atoms with Gasteiger partial charge in [0.05, 0.1) is 5.56 Å². The van der Waals surface area contributed by atoms with Crippen LogP contribution in [0.5, 0.6) is 11.5 Å². The van der Waals surface area contributed by atoms with Gasteiger partial charge in [0.1, 0.15) is 11.5 Å². The van der Waals surface area contributed by atoms with E-state index in [-0.39, 0.29) is 29.0 Å². The van der Waals surface area contributed by atoms with Crippen LogP contribution in [-0.2, 0) is 0 Å². The van der Waals surface area contributed by atoms with Crippen molar-refractivity contribution in [2.45, 2.75) is 12.5 Å². The highest BCUT2D eigenvalue weighted by Crippen LogP contribution is 2.22. The maximum absolute atomic E-state index is 11.9. The summed E-state index contributed by atoms with van der Waals surface area (Å²) in [7, 11) is 2.00. The van der Waals surface area contributed by atoms with E-state index in [2.05, 4.69) is 10.2 Å². The summed E-state index contributed by atoms with van der Waals surface area (Å²) in [4.78, 5) is 14.0. The second kappa shape index (κ2) is 4.63. The molecule has 5 heteroatoms.